The second-order valence-electron chi connectivity index (χ2n) is 2.76. The Morgan fingerprint density at radius 1 is 1.46 bits per heavy atom. The summed E-state index contributed by atoms with van der Waals surface area (Å²) in [7, 11) is 0. The van der Waals surface area contributed by atoms with Crippen LogP contribution in [0.2, 0.25) is 0 Å². The van der Waals surface area contributed by atoms with Crippen molar-refractivity contribution in [2.24, 2.45) is 0 Å². The second-order valence-corrected chi connectivity index (χ2v) is 3.61. The molecule has 0 heterocycles. The van der Waals surface area contributed by atoms with Crippen LogP contribution in [0.1, 0.15) is 18.4 Å². The van der Waals surface area contributed by atoms with Crippen molar-refractivity contribution in [3.8, 4) is 12.3 Å². The molecule has 0 nitrogen and oxygen atoms in total. The molecule has 2 heteroatoms. The average Bonchev–Trinajstić information content (AvgIpc) is 2.10. The van der Waals surface area contributed by atoms with Crippen molar-refractivity contribution >= 4 is 15.9 Å². The van der Waals surface area contributed by atoms with E-state index in [-0.39, 0.29) is 5.82 Å². The molecule has 13 heavy (non-hydrogen) atoms. The first-order valence-corrected chi connectivity index (χ1v) is 4.91. The maximum absolute atomic E-state index is 13.2. The number of hydrogen-bond donors (Lipinski definition) is 0. The highest BCUT2D eigenvalue weighted by molar-refractivity contribution is 9.10. The summed E-state index contributed by atoms with van der Waals surface area (Å²) >= 11 is 3.31. The van der Waals surface area contributed by atoms with Crippen LogP contribution in [-0.2, 0) is 6.42 Å². The van der Waals surface area contributed by atoms with E-state index in [0.717, 1.165) is 16.5 Å². The van der Waals surface area contributed by atoms with E-state index >= 15 is 0 Å². The minimum Gasteiger partial charge on any atom is -0.207 e. The summed E-state index contributed by atoms with van der Waals surface area (Å²) in [6, 6.07) is 4.99. The Balaban J connectivity index is 2.71. The molecule has 1 aromatic rings. The number of benzene rings is 1. The Kier molecular flexibility index (Phi) is 3.98. The summed E-state index contributed by atoms with van der Waals surface area (Å²) < 4.78 is 14.0. The van der Waals surface area contributed by atoms with Crippen molar-refractivity contribution in [2.75, 3.05) is 0 Å². The van der Waals surface area contributed by atoms with Crippen LogP contribution >= 0.6 is 15.9 Å². The lowest BCUT2D eigenvalue weighted by Gasteiger charge is -2.03. The van der Waals surface area contributed by atoms with Gasteiger partial charge < -0.3 is 0 Å². The Hall–Kier alpha value is -0.810. The lowest BCUT2D eigenvalue weighted by molar-refractivity contribution is 0.604. The van der Waals surface area contributed by atoms with E-state index in [2.05, 4.69) is 21.9 Å². The topological polar surface area (TPSA) is 0 Å². The lowest BCUT2D eigenvalue weighted by atomic mass is 10.1. The van der Waals surface area contributed by atoms with Gasteiger partial charge in [-0.1, -0.05) is 22.0 Å². The summed E-state index contributed by atoms with van der Waals surface area (Å²) in [5.41, 5.74) is 0.720. The Morgan fingerprint density at radius 3 is 2.85 bits per heavy atom. The monoisotopic (exact) mass is 240 g/mol. The zero-order valence-corrected chi connectivity index (χ0v) is 8.77. The molecular formula is C11H10BrF. The summed E-state index contributed by atoms with van der Waals surface area (Å²) in [4.78, 5) is 0. The van der Waals surface area contributed by atoms with Gasteiger partial charge in [0.05, 0.1) is 0 Å². The third kappa shape index (κ3) is 2.86. The fraction of sp³-hybridized carbons (Fsp3) is 0.273. The molecule has 0 aliphatic carbocycles. The highest BCUT2D eigenvalue weighted by atomic mass is 79.9. The molecule has 0 spiro atoms. The van der Waals surface area contributed by atoms with Crippen molar-refractivity contribution in [2.45, 2.75) is 19.3 Å². The molecule has 0 aliphatic heterocycles. The molecule has 0 saturated carbocycles. The fourth-order valence-electron chi connectivity index (χ4n) is 1.14. The maximum Gasteiger partial charge on any atom is 0.127 e. The number of terminal acetylenes is 1. The van der Waals surface area contributed by atoms with Crippen molar-refractivity contribution in [1.82, 2.24) is 0 Å². The van der Waals surface area contributed by atoms with Gasteiger partial charge in [-0.25, -0.2) is 4.39 Å². The van der Waals surface area contributed by atoms with E-state index in [9.17, 15) is 4.39 Å². The average molecular weight is 241 g/mol. The van der Waals surface area contributed by atoms with Crippen LogP contribution in [0.15, 0.2) is 22.7 Å². The second kappa shape index (κ2) is 5.04. The molecule has 0 N–H and O–H groups in total. The number of halogens is 2. The van der Waals surface area contributed by atoms with Crippen LogP contribution in [-0.4, -0.2) is 0 Å². The van der Waals surface area contributed by atoms with Gasteiger partial charge in [-0.2, -0.15) is 0 Å². The Labute approximate surface area is 86.3 Å². The summed E-state index contributed by atoms with van der Waals surface area (Å²) in [5.74, 6) is 2.38. The smallest absolute Gasteiger partial charge is 0.127 e. The fourth-order valence-corrected chi connectivity index (χ4v) is 1.68. The van der Waals surface area contributed by atoms with Gasteiger partial charge >= 0.3 is 0 Å². The first-order valence-electron chi connectivity index (χ1n) is 4.12. The van der Waals surface area contributed by atoms with Gasteiger partial charge in [-0.05, 0) is 25.0 Å². The molecule has 0 atom stereocenters. The first-order chi connectivity index (χ1) is 6.25. The zero-order chi connectivity index (χ0) is 9.68. The third-order valence-electron chi connectivity index (χ3n) is 1.81. The van der Waals surface area contributed by atoms with Crippen molar-refractivity contribution < 1.29 is 4.39 Å². The molecule has 0 radical (unpaired) electrons. The van der Waals surface area contributed by atoms with E-state index in [1.165, 1.54) is 6.07 Å². The van der Waals surface area contributed by atoms with Crippen LogP contribution in [0, 0.1) is 18.2 Å². The summed E-state index contributed by atoms with van der Waals surface area (Å²) in [6.07, 6.45) is 7.33. The standard InChI is InChI=1S/C11H10BrF/c1-2-3-4-6-9-10(12)7-5-8-11(9)13/h1,5,7-8H,3-4,6H2. The molecule has 1 aromatic carbocycles. The molecule has 0 unspecified atom stereocenters. The molecular weight excluding hydrogens is 231 g/mol. The minimum atomic E-state index is -0.161. The molecule has 68 valence electrons. The van der Waals surface area contributed by atoms with Crippen LogP contribution in [0.5, 0.6) is 0 Å². The predicted molar refractivity (Wildman–Crippen MR) is 55.9 cm³/mol. The number of hydrogen-bond acceptors (Lipinski definition) is 0. The van der Waals surface area contributed by atoms with Gasteiger partial charge in [-0.15, -0.1) is 12.3 Å². The van der Waals surface area contributed by atoms with E-state index in [1.54, 1.807) is 6.07 Å². The largest absolute Gasteiger partial charge is 0.207 e. The molecule has 0 fully saturated rings. The lowest BCUT2D eigenvalue weighted by Crippen LogP contribution is -1.91. The van der Waals surface area contributed by atoms with Crippen LogP contribution in [0.4, 0.5) is 4.39 Å². The molecule has 0 amide bonds. The van der Waals surface area contributed by atoms with E-state index < -0.39 is 0 Å². The Morgan fingerprint density at radius 2 is 2.23 bits per heavy atom. The minimum absolute atomic E-state index is 0.161. The van der Waals surface area contributed by atoms with Crippen LogP contribution in [0.25, 0.3) is 0 Å². The molecule has 0 bridgehead atoms. The van der Waals surface area contributed by atoms with Gasteiger partial charge in [0.2, 0.25) is 0 Å². The number of rotatable bonds is 3. The van der Waals surface area contributed by atoms with Crippen LogP contribution < -0.4 is 0 Å². The van der Waals surface area contributed by atoms with Crippen molar-refractivity contribution in [3.63, 3.8) is 0 Å². The summed E-state index contributed by atoms with van der Waals surface area (Å²) in [6.45, 7) is 0. The van der Waals surface area contributed by atoms with Crippen molar-refractivity contribution in [3.05, 3.63) is 34.1 Å². The summed E-state index contributed by atoms with van der Waals surface area (Å²) in [5, 5.41) is 0. The van der Waals surface area contributed by atoms with Gasteiger partial charge in [-0.3, -0.25) is 0 Å². The van der Waals surface area contributed by atoms with Gasteiger partial charge in [0, 0.05) is 16.5 Å². The molecule has 1 rings (SSSR count). The zero-order valence-electron chi connectivity index (χ0n) is 7.19. The maximum atomic E-state index is 13.2. The highest BCUT2D eigenvalue weighted by Crippen LogP contribution is 2.21. The first kappa shape index (κ1) is 10.3. The van der Waals surface area contributed by atoms with Gasteiger partial charge in [0.25, 0.3) is 0 Å². The number of unbranched alkanes of at least 4 members (excludes halogenated alkanes) is 1. The van der Waals surface area contributed by atoms with Crippen molar-refractivity contribution in [1.29, 1.82) is 0 Å². The van der Waals surface area contributed by atoms with E-state index in [1.807, 2.05) is 6.07 Å². The van der Waals surface area contributed by atoms with E-state index in [4.69, 9.17) is 6.42 Å². The third-order valence-corrected chi connectivity index (χ3v) is 2.55. The SMILES string of the molecule is C#CCCCc1c(F)cccc1Br. The molecule has 0 aromatic heterocycles. The normalized spacial score (nSPS) is 9.62. The predicted octanol–water partition coefficient (Wildman–Crippen LogP) is 3.54. The van der Waals surface area contributed by atoms with Crippen LogP contribution in [0.3, 0.4) is 0 Å². The molecule has 0 saturated heterocycles. The van der Waals surface area contributed by atoms with Gasteiger partial charge in [0.15, 0.2) is 0 Å². The Bertz CT molecular complexity index is 305. The quantitative estimate of drug-likeness (QED) is 0.560. The van der Waals surface area contributed by atoms with E-state index in [0.29, 0.717) is 12.8 Å². The van der Waals surface area contributed by atoms with Gasteiger partial charge in [0.1, 0.15) is 5.82 Å². The highest BCUT2D eigenvalue weighted by Gasteiger charge is 2.04. The molecule has 0 aliphatic rings.